The van der Waals surface area contributed by atoms with Gasteiger partial charge in [0, 0.05) is 11.6 Å². The number of aliphatic hydroxyl groups is 1. The molecule has 1 aromatic heterocycles. The van der Waals surface area contributed by atoms with Crippen LogP contribution in [0.5, 0.6) is 5.75 Å². The quantitative estimate of drug-likeness (QED) is 0.703. The molecule has 2 rings (SSSR count). The third kappa shape index (κ3) is 1.86. The van der Waals surface area contributed by atoms with Crippen molar-refractivity contribution in [3.05, 3.63) is 27.4 Å². The molecule has 0 saturated heterocycles. The first kappa shape index (κ1) is 10.5. The Kier molecular flexibility index (Phi) is 2.68. The standard InChI is InChI=1S/C9H8ClNO3S/c10-3-7(13)5-1-4(12)2-6-8(5)15-9(14)11-6/h1-2,7,12-13H,3H2,(H,11,14). The average molecular weight is 246 g/mol. The molecule has 0 aliphatic heterocycles. The van der Waals surface area contributed by atoms with Crippen molar-refractivity contribution in [1.29, 1.82) is 0 Å². The molecule has 2 aromatic rings. The Balaban J connectivity index is 2.75. The van der Waals surface area contributed by atoms with Crippen LogP contribution in [0, 0.1) is 0 Å². The van der Waals surface area contributed by atoms with Crippen molar-refractivity contribution in [2.45, 2.75) is 6.10 Å². The molecule has 1 unspecified atom stereocenters. The summed E-state index contributed by atoms with van der Waals surface area (Å²) in [6.45, 7) is 0. The Labute approximate surface area is 93.8 Å². The maximum absolute atomic E-state index is 11.1. The molecule has 15 heavy (non-hydrogen) atoms. The van der Waals surface area contributed by atoms with Gasteiger partial charge in [0.25, 0.3) is 0 Å². The van der Waals surface area contributed by atoms with Crippen LogP contribution >= 0.6 is 22.9 Å². The van der Waals surface area contributed by atoms with Gasteiger partial charge in [0.05, 0.1) is 22.2 Å². The van der Waals surface area contributed by atoms with Gasteiger partial charge in [-0.2, -0.15) is 0 Å². The first-order chi connectivity index (χ1) is 7.11. The zero-order valence-electron chi connectivity index (χ0n) is 7.53. The number of phenolic OH excluding ortho intramolecular Hbond substituents is 1. The van der Waals surface area contributed by atoms with Gasteiger partial charge in [0.2, 0.25) is 0 Å². The summed E-state index contributed by atoms with van der Waals surface area (Å²) in [6, 6.07) is 2.86. The van der Waals surface area contributed by atoms with Crippen molar-refractivity contribution < 1.29 is 10.2 Å². The molecule has 80 valence electrons. The zero-order valence-corrected chi connectivity index (χ0v) is 9.10. The lowest BCUT2D eigenvalue weighted by atomic mass is 10.1. The van der Waals surface area contributed by atoms with E-state index in [2.05, 4.69) is 4.98 Å². The van der Waals surface area contributed by atoms with E-state index >= 15 is 0 Å². The lowest BCUT2D eigenvalue weighted by Crippen LogP contribution is -1.98. The lowest BCUT2D eigenvalue weighted by molar-refractivity contribution is 0.204. The number of thiazole rings is 1. The second-order valence-corrected chi connectivity index (χ2v) is 4.39. The number of aliphatic hydroxyl groups excluding tert-OH is 1. The van der Waals surface area contributed by atoms with Gasteiger partial charge in [0.1, 0.15) is 5.75 Å². The molecule has 0 aliphatic rings. The Bertz CT molecular complexity index is 548. The number of aromatic nitrogens is 1. The van der Waals surface area contributed by atoms with Gasteiger partial charge in [0.15, 0.2) is 0 Å². The third-order valence-corrected chi connectivity index (χ3v) is 3.28. The Morgan fingerprint density at radius 1 is 1.53 bits per heavy atom. The van der Waals surface area contributed by atoms with Crippen LogP contribution in [0.2, 0.25) is 0 Å². The van der Waals surface area contributed by atoms with E-state index in [0.717, 1.165) is 11.3 Å². The number of rotatable bonds is 2. The number of H-pyrrole nitrogens is 1. The largest absolute Gasteiger partial charge is 0.508 e. The lowest BCUT2D eigenvalue weighted by Gasteiger charge is -2.08. The van der Waals surface area contributed by atoms with Crippen molar-refractivity contribution in [1.82, 2.24) is 4.98 Å². The summed E-state index contributed by atoms with van der Waals surface area (Å²) >= 11 is 6.52. The number of nitrogens with one attached hydrogen (secondary N) is 1. The minimum atomic E-state index is -0.882. The highest BCUT2D eigenvalue weighted by Crippen LogP contribution is 2.30. The number of fused-ring (bicyclic) bond motifs is 1. The summed E-state index contributed by atoms with van der Waals surface area (Å²) in [4.78, 5) is 13.5. The van der Waals surface area contributed by atoms with Crippen molar-refractivity contribution in [3.63, 3.8) is 0 Å². The van der Waals surface area contributed by atoms with Gasteiger partial charge in [-0.1, -0.05) is 11.3 Å². The fraction of sp³-hybridized carbons (Fsp3) is 0.222. The Morgan fingerprint density at radius 2 is 2.27 bits per heavy atom. The number of hydrogen-bond acceptors (Lipinski definition) is 4. The zero-order chi connectivity index (χ0) is 11.0. The molecule has 0 saturated carbocycles. The van der Waals surface area contributed by atoms with Gasteiger partial charge in [-0.3, -0.25) is 4.79 Å². The van der Waals surface area contributed by atoms with Crippen LogP contribution in [0.15, 0.2) is 16.9 Å². The van der Waals surface area contributed by atoms with E-state index in [1.165, 1.54) is 12.1 Å². The summed E-state index contributed by atoms with van der Waals surface area (Å²) < 4.78 is 0.631. The van der Waals surface area contributed by atoms with Crippen LogP contribution in [0.3, 0.4) is 0 Å². The number of phenols is 1. The minimum absolute atomic E-state index is 0.00397. The molecule has 4 nitrogen and oxygen atoms in total. The van der Waals surface area contributed by atoms with E-state index in [1.807, 2.05) is 0 Å². The predicted octanol–water partition coefficient (Wildman–Crippen LogP) is 1.57. The van der Waals surface area contributed by atoms with Gasteiger partial charge in [-0.05, 0) is 6.07 Å². The molecule has 0 aliphatic carbocycles. The number of benzene rings is 1. The van der Waals surface area contributed by atoms with Crippen molar-refractivity contribution in [3.8, 4) is 5.75 Å². The molecule has 0 fully saturated rings. The van der Waals surface area contributed by atoms with E-state index in [-0.39, 0.29) is 16.5 Å². The summed E-state index contributed by atoms with van der Waals surface area (Å²) in [5.74, 6) is 0.0145. The molecular formula is C9H8ClNO3S. The van der Waals surface area contributed by atoms with Gasteiger partial charge < -0.3 is 15.2 Å². The summed E-state index contributed by atoms with van der Waals surface area (Å²) in [5.41, 5.74) is 0.993. The summed E-state index contributed by atoms with van der Waals surface area (Å²) in [7, 11) is 0. The van der Waals surface area contributed by atoms with E-state index in [9.17, 15) is 15.0 Å². The van der Waals surface area contributed by atoms with Gasteiger partial charge >= 0.3 is 4.87 Å². The van der Waals surface area contributed by atoms with Crippen LogP contribution in [0.25, 0.3) is 10.2 Å². The fourth-order valence-electron chi connectivity index (χ4n) is 1.40. The molecule has 1 atom stereocenters. The molecule has 1 aromatic carbocycles. The number of aromatic amines is 1. The number of alkyl halides is 1. The minimum Gasteiger partial charge on any atom is -0.508 e. The van der Waals surface area contributed by atoms with E-state index in [1.54, 1.807) is 0 Å². The van der Waals surface area contributed by atoms with Gasteiger partial charge in [-0.25, -0.2) is 0 Å². The molecule has 0 spiro atoms. The second kappa shape index (κ2) is 3.84. The number of hydrogen-bond donors (Lipinski definition) is 3. The summed E-state index contributed by atoms with van der Waals surface area (Å²) in [5, 5.41) is 19.0. The molecule has 6 heteroatoms. The van der Waals surface area contributed by atoms with Crippen LogP contribution in [-0.4, -0.2) is 21.1 Å². The first-order valence-corrected chi connectivity index (χ1v) is 5.56. The Morgan fingerprint density at radius 3 is 2.93 bits per heavy atom. The highest BCUT2D eigenvalue weighted by atomic mass is 35.5. The smallest absolute Gasteiger partial charge is 0.305 e. The highest BCUT2D eigenvalue weighted by molar-refractivity contribution is 7.16. The van der Waals surface area contributed by atoms with Crippen LogP contribution in [0.1, 0.15) is 11.7 Å². The molecular weight excluding hydrogens is 238 g/mol. The molecule has 0 bridgehead atoms. The highest BCUT2D eigenvalue weighted by Gasteiger charge is 2.14. The summed E-state index contributed by atoms with van der Waals surface area (Å²) in [6.07, 6.45) is -0.882. The fourth-order valence-corrected chi connectivity index (χ4v) is 2.45. The SMILES string of the molecule is O=c1[nH]c2cc(O)cc(C(O)CCl)c2s1. The normalized spacial score (nSPS) is 13.2. The van der Waals surface area contributed by atoms with Crippen LogP contribution < -0.4 is 4.87 Å². The third-order valence-electron chi connectivity index (χ3n) is 2.04. The number of aromatic hydroxyl groups is 1. The van der Waals surface area contributed by atoms with E-state index in [4.69, 9.17) is 11.6 Å². The average Bonchev–Trinajstić information content (AvgIpc) is 2.55. The van der Waals surface area contributed by atoms with Crippen LogP contribution in [-0.2, 0) is 0 Å². The molecule has 3 N–H and O–H groups in total. The maximum Gasteiger partial charge on any atom is 0.305 e. The van der Waals surface area contributed by atoms with Crippen molar-refractivity contribution >= 4 is 33.2 Å². The first-order valence-electron chi connectivity index (χ1n) is 4.21. The van der Waals surface area contributed by atoms with Crippen LogP contribution in [0.4, 0.5) is 0 Å². The van der Waals surface area contributed by atoms with Crippen molar-refractivity contribution in [2.24, 2.45) is 0 Å². The Hall–Kier alpha value is -1.04. The predicted molar refractivity (Wildman–Crippen MR) is 59.8 cm³/mol. The number of halogens is 1. The topological polar surface area (TPSA) is 73.3 Å². The maximum atomic E-state index is 11.1. The van der Waals surface area contributed by atoms with E-state index in [0.29, 0.717) is 15.8 Å². The van der Waals surface area contributed by atoms with E-state index < -0.39 is 6.10 Å². The second-order valence-electron chi connectivity index (χ2n) is 3.10. The van der Waals surface area contributed by atoms with Crippen molar-refractivity contribution in [2.75, 3.05) is 5.88 Å². The molecule has 0 amide bonds. The van der Waals surface area contributed by atoms with Gasteiger partial charge in [-0.15, -0.1) is 11.6 Å². The molecule has 0 radical (unpaired) electrons. The molecule has 1 heterocycles. The monoisotopic (exact) mass is 245 g/mol.